The molecular weight excluding hydrogens is 608 g/mol. The largest absolute Gasteiger partial charge is 0.542 e. The molecule has 1 fully saturated rings. The molecule has 0 aromatic carbocycles. The zero-order chi connectivity index (χ0) is 21.9. The number of ether oxygens (including phenoxy) is 3. The quantitative estimate of drug-likeness (QED) is 0.213. The second-order valence-electron chi connectivity index (χ2n) is 5.37. The molecule has 170 valence electrons. The van der Waals surface area contributed by atoms with Gasteiger partial charge >= 0.3 is 11.9 Å². The number of hydrogen-bond acceptors (Lipinski definition) is 9. The smallest absolute Gasteiger partial charge is 0.303 e. The number of carbonyl (C=O) groups excluding carboxylic acids is 3. The van der Waals surface area contributed by atoms with Gasteiger partial charge in [-0.3, -0.25) is 25.6 Å². The van der Waals surface area contributed by atoms with Gasteiger partial charge in [0.05, 0.1) is 32.5 Å². The van der Waals surface area contributed by atoms with E-state index < -0.39 is 24.1 Å². The first kappa shape index (κ1) is 33.1. The van der Waals surface area contributed by atoms with Crippen molar-refractivity contribution in [3.05, 3.63) is 0 Å². The molecule has 0 bridgehead atoms. The summed E-state index contributed by atoms with van der Waals surface area (Å²) in [5.41, 5.74) is 0. The van der Waals surface area contributed by atoms with Gasteiger partial charge in [0.2, 0.25) is 0 Å². The molecule has 0 radical (unpaired) electrons. The number of carbonyl (C=O) groups is 2. The van der Waals surface area contributed by atoms with Crippen LogP contribution in [0.2, 0.25) is 0 Å². The van der Waals surface area contributed by atoms with Gasteiger partial charge in [-0.05, 0) is 20.3 Å². The molecule has 3 unspecified atom stereocenters. The van der Waals surface area contributed by atoms with E-state index in [9.17, 15) is 9.59 Å². The summed E-state index contributed by atoms with van der Waals surface area (Å²) in [4.78, 5) is 41.7. The fraction of sp³-hybridized carbons (Fsp3) is 0.842. The second kappa shape index (κ2) is 22.2. The molecule has 0 N–H and O–H groups in total. The molecule has 0 aliphatic carbocycles. The fourth-order valence-electron chi connectivity index (χ4n) is 2.38. The van der Waals surface area contributed by atoms with Gasteiger partial charge in [0.1, 0.15) is 6.10 Å². The van der Waals surface area contributed by atoms with Gasteiger partial charge in [0.15, 0.2) is 6.10 Å². The van der Waals surface area contributed by atoms with Gasteiger partial charge in [-0.1, -0.05) is 19.1 Å². The Labute approximate surface area is 198 Å². The van der Waals surface area contributed by atoms with Crippen molar-refractivity contribution in [1.29, 1.82) is 0 Å². The van der Waals surface area contributed by atoms with Gasteiger partial charge in [0, 0.05) is 51.4 Å². The summed E-state index contributed by atoms with van der Waals surface area (Å²) < 4.78 is 16.1. The standard InChI is InChI=1S/C15H27NO7.C2H3O.C2H6.U/c1-5-20-16(21-6-2)8-7-13-9-14(22-11(3)17)15(10-19-13)23-12(4)18;1-2-3;1-2;/h13-15H,5-10H2,1-4H3;1H3;1-2H3;/q;-1;;. The minimum absolute atomic E-state index is 0. The van der Waals surface area contributed by atoms with Crippen LogP contribution in [0.4, 0.5) is 0 Å². The Bertz CT molecular complexity index is 419. The van der Waals surface area contributed by atoms with Gasteiger partial charge in [-0.2, -0.15) is 6.92 Å². The van der Waals surface area contributed by atoms with Gasteiger partial charge in [0.25, 0.3) is 0 Å². The van der Waals surface area contributed by atoms with Crippen LogP contribution in [0.25, 0.3) is 0 Å². The molecule has 1 rings (SSSR count). The number of hydrogen-bond donors (Lipinski definition) is 0. The molecule has 0 spiro atoms. The zero-order valence-electron chi connectivity index (χ0n) is 18.7. The molecule has 3 atom stereocenters. The van der Waals surface area contributed by atoms with Crippen molar-refractivity contribution < 1.29 is 69.4 Å². The summed E-state index contributed by atoms with van der Waals surface area (Å²) in [6, 6.07) is 0. The summed E-state index contributed by atoms with van der Waals surface area (Å²) in [7, 11) is 0. The Morgan fingerprint density at radius 1 is 1.03 bits per heavy atom. The summed E-state index contributed by atoms with van der Waals surface area (Å²) in [6.07, 6.45) is 1.41. The van der Waals surface area contributed by atoms with Crippen LogP contribution < -0.4 is 0 Å². The average Bonchev–Trinajstić information content (AvgIpc) is 2.63. The van der Waals surface area contributed by atoms with Gasteiger partial charge in [-0.15, -0.1) is 0 Å². The van der Waals surface area contributed by atoms with Crippen molar-refractivity contribution in [3.8, 4) is 0 Å². The Morgan fingerprint density at radius 3 is 1.90 bits per heavy atom. The van der Waals surface area contributed by atoms with E-state index in [4.69, 9.17) is 28.7 Å². The molecule has 10 heteroatoms. The van der Waals surface area contributed by atoms with Crippen molar-refractivity contribution in [3.63, 3.8) is 0 Å². The summed E-state index contributed by atoms with van der Waals surface area (Å²) >= 11 is 0. The van der Waals surface area contributed by atoms with E-state index in [0.717, 1.165) is 0 Å². The normalized spacial score (nSPS) is 20.1. The van der Waals surface area contributed by atoms with Crippen LogP contribution in [0.5, 0.6) is 0 Å². The van der Waals surface area contributed by atoms with E-state index in [1.54, 1.807) is 0 Å². The molecule has 1 heterocycles. The molecule has 1 saturated heterocycles. The van der Waals surface area contributed by atoms with E-state index in [1.807, 2.05) is 27.7 Å². The molecule has 0 aromatic rings. The fourth-order valence-corrected chi connectivity index (χ4v) is 2.38. The molecule has 1 aliphatic heterocycles. The van der Waals surface area contributed by atoms with E-state index in [2.05, 4.69) is 0 Å². The van der Waals surface area contributed by atoms with Crippen LogP contribution in [0.3, 0.4) is 0 Å². The Balaban J connectivity index is -0.00000103. The third kappa shape index (κ3) is 18.0. The minimum atomic E-state index is -0.567. The van der Waals surface area contributed by atoms with Crippen LogP contribution in [-0.2, 0) is 38.3 Å². The van der Waals surface area contributed by atoms with Crippen LogP contribution >= 0.6 is 0 Å². The van der Waals surface area contributed by atoms with Crippen LogP contribution in [0, 0.1) is 31.1 Å². The molecule has 0 aromatic heterocycles. The van der Waals surface area contributed by atoms with E-state index in [-0.39, 0.29) is 43.8 Å². The molecule has 9 nitrogen and oxygen atoms in total. The molecule has 0 saturated carbocycles. The SMILES string of the molecule is CC.CCON(CCC1CC(OC(C)=O)C(OC(C)=O)CO1)OCC.C[C-]=O.[U]. The van der Waals surface area contributed by atoms with E-state index >= 15 is 0 Å². The molecule has 0 amide bonds. The maximum absolute atomic E-state index is 11.2. The summed E-state index contributed by atoms with van der Waals surface area (Å²) in [6.45, 7) is 13.5. The molecule has 29 heavy (non-hydrogen) atoms. The first-order chi connectivity index (χ1) is 13.4. The Kier molecular flexibility index (Phi) is 25.4. The maximum Gasteiger partial charge on any atom is 0.303 e. The number of rotatable bonds is 9. The van der Waals surface area contributed by atoms with Crippen molar-refractivity contribution in [2.75, 3.05) is 26.4 Å². The predicted molar refractivity (Wildman–Crippen MR) is 103 cm³/mol. The average molecular weight is 645 g/mol. The van der Waals surface area contributed by atoms with Crippen molar-refractivity contribution in [2.24, 2.45) is 0 Å². The summed E-state index contributed by atoms with van der Waals surface area (Å²) in [5.74, 6) is -0.828. The number of nitrogens with zero attached hydrogens (tertiary/aromatic N) is 1. The monoisotopic (exact) mass is 644 g/mol. The van der Waals surface area contributed by atoms with Crippen molar-refractivity contribution in [1.82, 2.24) is 5.23 Å². The van der Waals surface area contributed by atoms with Crippen LogP contribution in [0.1, 0.15) is 61.3 Å². The van der Waals surface area contributed by atoms with Crippen LogP contribution in [-0.4, -0.2) is 68.1 Å². The van der Waals surface area contributed by atoms with Crippen molar-refractivity contribution >= 4 is 18.2 Å². The zero-order valence-corrected chi connectivity index (χ0v) is 22.9. The Hall–Kier alpha value is -0.498. The van der Waals surface area contributed by atoms with Gasteiger partial charge in [-0.25, -0.2) is 0 Å². The minimum Gasteiger partial charge on any atom is -0.542 e. The summed E-state index contributed by atoms with van der Waals surface area (Å²) in [5, 5.41) is 1.43. The third-order valence-corrected chi connectivity index (χ3v) is 3.22. The topological polar surface area (TPSA) is 101 Å². The first-order valence-electron chi connectivity index (χ1n) is 9.66. The third-order valence-electron chi connectivity index (χ3n) is 3.22. The second-order valence-corrected chi connectivity index (χ2v) is 5.37. The Morgan fingerprint density at radius 2 is 1.48 bits per heavy atom. The predicted octanol–water partition coefficient (Wildman–Crippen LogP) is 2.38. The maximum atomic E-state index is 11.2. The van der Waals surface area contributed by atoms with Crippen molar-refractivity contribution in [2.45, 2.75) is 79.6 Å². The molecule has 1 aliphatic rings. The molecular formula is C19H36NO8U-. The number of hydroxylamine groups is 2. The first-order valence-corrected chi connectivity index (χ1v) is 9.66. The van der Waals surface area contributed by atoms with E-state index in [1.165, 1.54) is 32.3 Å². The number of esters is 2. The van der Waals surface area contributed by atoms with Crippen LogP contribution in [0.15, 0.2) is 0 Å². The van der Waals surface area contributed by atoms with Gasteiger partial charge < -0.3 is 19.0 Å². The van der Waals surface area contributed by atoms with E-state index in [0.29, 0.717) is 32.6 Å².